The summed E-state index contributed by atoms with van der Waals surface area (Å²) < 4.78 is 10.9. The van der Waals surface area contributed by atoms with Crippen LogP contribution in [0.4, 0.5) is 0 Å². The first kappa shape index (κ1) is 19.1. The number of ether oxygens (including phenoxy) is 2. The van der Waals surface area contributed by atoms with Crippen LogP contribution in [0.3, 0.4) is 0 Å². The molecule has 0 unspecified atom stereocenters. The number of nitrogens with zero attached hydrogens (tertiary/aromatic N) is 1. The second-order valence-corrected chi connectivity index (χ2v) is 5.84. The summed E-state index contributed by atoms with van der Waals surface area (Å²) >= 11 is 0. The molecule has 2 aromatic rings. The molecule has 0 spiro atoms. The number of hydrogen-bond donors (Lipinski definition) is 1. The molecule has 26 heavy (non-hydrogen) atoms. The maximum absolute atomic E-state index is 12.2. The zero-order valence-electron chi connectivity index (χ0n) is 15.2. The minimum absolute atomic E-state index is 0.0147. The number of hydrogen-bond acceptors (Lipinski definition) is 4. The van der Waals surface area contributed by atoms with E-state index < -0.39 is 5.91 Å². The molecule has 5 heteroatoms. The number of para-hydroxylation sites is 1. The topological polar surface area (TPSA) is 71.3 Å². The summed E-state index contributed by atoms with van der Waals surface area (Å²) in [4.78, 5) is 12.2. The van der Waals surface area contributed by atoms with Crippen LogP contribution in [0.2, 0.25) is 0 Å². The Bertz CT molecular complexity index is 830. The number of carbonyl (C=O) groups is 1. The highest BCUT2D eigenvalue weighted by atomic mass is 16.5. The first-order chi connectivity index (χ1) is 12.5. The minimum Gasteiger partial charge on any atom is -0.496 e. The molecule has 0 aromatic heterocycles. The molecule has 5 nitrogen and oxygen atoms in total. The zero-order valence-corrected chi connectivity index (χ0v) is 15.2. The SMILES string of the molecule is COc1ccccc1/C=C(\C#N)C(=O)NCCOc1cc(C)cc(C)c1. The normalized spacial score (nSPS) is 10.8. The number of methoxy groups -OCH3 is 1. The van der Waals surface area contributed by atoms with Gasteiger partial charge in [-0.15, -0.1) is 0 Å². The summed E-state index contributed by atoms with van der Waals surface area (Å²) in [6.07, 6.45) is 1.51. The molecule has 1 N–H and O–H groups in total. The summed E-state index contributed by atoms with van der Waals surface area (Å²) in [7, 11) is 1.54. The van der Waals surface area contributed by atoms with Gasteiger partial charge in [-0.05, 0) is 49.2 Å². The third-order valence-electron chi connectivity index (χ3n) is 3.66. The van der Waals surface area contributed by atoms with Crippen molar-refractivity contribution in [3.8, 4) is 17.6 Å². The Morgan fingerprint density at radius 1 is 1.19 bits per heavy atom. The van der Waals surface area contributed by atoms with E-state index in [1.165, 1.54) is 6.08 Å². The van der Waals surface area contributed by atoms with Crippen LogP contribution in [0.15, 0.2) is 48.0 Å². The number of benzene rings is 2. The molecule has 0 radical (unpaired) electrons. The fourth-order valence-electron chi connectivity index (χ4n) is 2.53. The van der Waals surface area contributed by atoms with Gasteiger partial charge in [0.25, 0.3) is 5.91 Å². The van der Waals surface area contributed by atoms with Gasteiger partial charge in [-0.1, -0.05) is 24.3 Å². The third kappa shape index (κ3) is 5.38. The molecule has 0 bridgehead atoms. The maximum atomic E-state index is 12.2. The Balaban J connectivity index is 1.93. The van der Waals surface area contributed by atoms with Gasteiger partial charge < -0.3 is 14.8 Å². The van der Waals surface area contributed by atoms with Crippen LogP contribution in [-0.4, -0.2) is 26.2 Å². The quantitative estimate of drug-likeness (QED) is 0.472. The fraction of sp³-hybridized carbons (Fsp3) is 0.238. The molecule has 0 aliphatic heterocycles. The van der Waals surface area contributed by atoms with Crippen molar-refractivity contribution in [1.29, 1.82) is 5.26 Å². The summed E-state index contributed by atoms with van der Waals surface area (Å²) in [6.45, 7) is 4.63. The van der Waals surface area contributed by atoms with Crippen LogP contribution < -0.4 is 14.8 Å². The van der Waals surface area contributed by atoms with E-state index in [1.54, 1.807) is 19.2 Å². The first-order valence-electron chi connectivity index (χ1n) is 8.27. The first-order valence-corrected chi connectivity index (χ1v) is 8.27. The number of nitriles is 1. The molecular weight excluding hydrogens is 328 g/mol. The monoisotopic (exact) mass is 350 g/mol. The van der Waals surface area contributed by atoms with Crippen molar-refractivity contribution < 1.29 is 14.3 Å². The molecular formula is C21H22N2O3. The van der Waals surface area contributed by atoms with Crippen LogP contribution in [-0.2, 0) is 4.79 Å². The van der Waals surface area contributed by atoms with Crippen LogP contribution in [0.25, 0.3) is 6.08 Å². The van der Waals surface area contributed by atoms with Crippen LogP contribution in [0.5, 0.6) is 11.5 Å². The third-order valence-corrected chi connectivity index (χ3v) is 3.66. The van der Waals surface area contributed by atoms with Gasteiger partial charge in [-0.25, -0.2) is 0 Å². The highest BCUT2D eigenvalue weighted by Gasteiger charge is 2.10. The van der Waals surface area contributed by atoms with E-state index in [0.717, 1.165) is 16.9 Å². The highest BCUT2D eigenvalue weighted by molar-refractivity contribution is 6.01. The Kier molecular flexibility index (Phi) is 6.81. The lowest BCUT2D eigenvalue weighted by Gasteiger charge is -2.09. The molecule has 0 aliphatic rings. The van der Waals surface area contributed by atoms with E-state index in [9.17, 15) is 10.1 Å². The molecule has 0 saturated carbocycles. The Labute approximate surface area is 153 Å². The molecule has 0 fully saturated rings. The van der Waals surface area contributed by atoms with E-state index in [0.29, 0.717) is 24.5 Å². The average molecular weight is 350 g/mol. The van der Waals surface area contributed by atoms with Crippen LogP contribution in [0, 0.1) is 25.2 Å². The van der Waals surface area contributed by atoms with Gasteiger partial charge in [0.1, 0.15) is 29.7 Å². The van der Waals surface area contributed by atoms with Gasteiger partial charge in [-0.2, -0.15) is 5.26 Å². The van der Waals surface area contributed by atoms with E-state index in [-0.39, 0.29) is 5.57 Å². The number of rotatable bonds is 7. The zero-order chi connectivity index (χ0) is 18.9. The Hall–Kier alpha value is -3.26. The maximum Gasteiger partial charge on any atom is 0.262 e. The second kappa shape index (κ2) is 9.28. The lowest BCUT2D eigenvalue weighted by Crippen LogP contribution is -2.29. The molecule has 2 rings (SSSR count). The van der Waals surface area contributed by atoms with Gasteiger partial charge in [0.15, 0.2) is 0 Å². The van der Waals surface area contributed by atoms with E-state index in [4.69, 9.17) is 9.47 Å². The molecule has 1 amide bonds. The lowest BCUT2D eigenvalue weighted by molar-refractivity contribution is -0.117. The van der Waals surface area contributed by atoms with E-state index in [1.807, 2.05) is 44.2 Å². The molecule has 0 atom stereocenters. The second-order valence-electron chi connectivity index (χ2n) is 5.84. The van der Waals surface area contributed by atoms with E-state index >= 15 is 0 Å². The predicted molar refractivity (Wildman–Crippen MR) is 101 cm³/mol. The van der Waals surface area contributed by atoms with Crippen molar-refractivity contribution in [3.05, 3.63) is 64.7 Å². The van der Waals surface area contributed by atoms with Crippen molar-refractivity contribution in [1.82, 2.24) is 5.32 Å². The number of aryl methyl sites for hydroxylation is 2. The van der Waals surface area contributed by atoms with E-state index in [2.05, 4.69) is 11.4 Å². The molecule has 0 aliphatic carbocycles. The van der Waals surface area contributed by atoms with Crippen molar-refractivity contribution in [3.63, 3.8) is 0 Å². The minimum atomic E-state index is -0.442. The predicted octanol–water partition coefficient (Wildman–Crippen LogP) is 3.41. The smallest absolute Gasteiger partial charge is 0.262 e. The largest absolute Gasteiger partial charge is 0.496 e. The summed E-state index contributed by atoms with van der Waals surface area (Å²) in [5.74, 6) is 0.926. The lowest BCUT2D eigenvalue weighted by atomic mass is 10.1. The highest BCUT2D eigenvalue weighted by Crippen LogP contribution is 2.20. The fourth-order valence-corrected chi connectivity index (χ4v) is 2.53. The Morgan fingerprint density at radius 3 is 2.54 bits per heavy atom. The van der Waals surface area contributed by atoms with Gasteiger partial charge in [-0.3, -0.25) is 4.79 Å². The van der Waals surface area contributed by atoms with Gasteiger partial charge in [0, 0.05) is 5.56 Å². The van der Waals surface area contributed by atoms with Gasteiger partial charge in [0.05, 0.1) is 13.7 Å². The van der Waals surface area contributed by atoms with Crippen molar-refractivity contribution >= 4 is 12.0 Å². The summed E-state index contributed by atoms with van der Waals surface area (Å²) in [6, 6.07) is 15.1. The number of nitrogens with one attached hydrogen (secondary N) is 1. The summed E-state index contributed by atoms with van der Waals surface area (Å²) in [5, 5.41) is 12.0. The van der Waals surface area contributed by atoms with Crippen molar-refractivity contribution in [2.75, 3.05) is 20.3 Å². The summed E-state index contributed by atoms with van der Waals surface area (Å²) in [5.41, 5.74) is 2.93. The van der Waals surface area contributed by atoms with Crippen LogP contribution >= 0.6 is 0 Å². The van der Waals surface area contributed by atoms with Crippen LogP contribution in [0.1, 0.15) is 16.7 Å². The number of amides is 1. The Morgan fingerprint density at radius 2 is 1.88 bits per heavy atom. The van der Waals surface area contributed by atoms with Gasteiger partial charge in [0.2, 0.25) is 0 Å². The standard InChI is InChI=1S/C21H22N2O3/c1-15-10-16(2)12-19(11-15)26-9-8-23-21(24)18(14-22)13-17-6-4-5-7-20(17)25-3/h4-7,10-13H,8-9H2,1-3H3,(H,23,24)/b18-13+. The molecule has 2 aromatic carbocycles. The molecule has 0 saturated heterocycles. The number of carbonyl (C=O) groups excluding carboxylic acids is 1. The molecule has 0 heterocycles. The van der Waals surface area contributed by atoms with Crippen molar-refractivity contribution in [2.45, 2.75) is 13.8 Å². The van der Waals surface area contributed by atoms with Crippen molar-refractivity contribution in [2.24, 2.45) is 0 Å². The molecule has 134 valence electrons. The van der Waals surface area contributed by atoms with Gasteiger partial charge >= 0.3 is 0 Å². The average Bonchev–Trinajstić information content (AvgIpc) is 2.62.